The van der Waals surface area contributed by atoms with Crippen molar-refractivity contribution in [1.82, 2.24) is 4.57 Å². The van der Waals surface area contributed by atoms with E-state index in [1.165, 1.54) is 6.07 Å². The second-order valence-electron chi connectivity index (χ2n) is 4.54. The number of hydrogen-bond donors (Lipinski definition) is 3. The zero-order valence-electron chi connectivity index (χ0n) is 10.9. The topological polar surface area (TPSA) is 97.9 Å². The highest BCUT2D eigenvalue weighted by Crippen LogP contribution is 2.20. The van der Waals surface area contributed by atoms with Gasteiger partial charge in [-0.3, -0.25) is 10.2 Å². The van der Waals surface area contributed by atoms with E-state index >= 15 is 0 Å². The number of nitrogens with zero attached hydrogens (tertiary/aromatic N) is 1. The van der Waals surface area contributed by atoms with Crippen LogP contribution in [-0.2, 0) is 0 Å². The molecule has 0 radical (unpaired) electrons. The Morgan fingerprint density at radius 3 is 2.70 bits per heavy atom. The average Bonchev–Trinajstić information content (AvgIpc) is 2.40. The second kappa shape index (κ2) is 5.38. The van der Waals surface area contributed by atoms with Crippen LogP contribution in [0.4, 0.5) is 5.69 Å². The predicted molar refractivity (Wildman–Crippen MR) is 78.5 cm³/mol. The zero-order chi connectivity index (χ0) is 14.9. The minimum atomic E-state index is -0.675. The normalized spacial score (nSPS) is 12.1. The largest absolute Gasteiger partial charge is 0.399 e. The Bertz CT molecular complexity index is 723. The van der Waals surface area contributed by atoms with E-state index in [0.717, 1.165) is 5.56 Å². The maximum atomic E-state index is 11.3. The smallest absolute Gasteiger partial charge is 0.252 e. The predicted octanol–water partition coefficient (Wildman–Crippen LogP) is 1.91. The third-order valence-corrected chi connectivity index (χ3v) is 3.34. The molecule has 0 aliphatic heterocycles. The number of carbonyl (C=O) groups excluding carboxylic acids is 1. The van der Waals surface area contributed by atoms with E-state index in [9.17, 15) is 4.79 Å². The third-order valence-electron chi connectivity index (χ3n) is 3.13. The van der Waals surface area contributed by atoms with Gasteiger partial charge in [0.25, 0.3) is 5.91 Å². The number of nitrogens with one attached hydrogen (secondary N) is 1. The lowest BCUT2D eigenvalue weighted by molar-refractivity contribution is 0.0997. The number of rotatable bonds is 3. The first-order valence-corrected chi connectivity index (χ1v) is 6.39. The summed E-state index contributed by atoms with van der Waals surface area (Å²) < 4.78 is 1.59. The fraction of sp³-hybridized carbons (Fsp3) is 0.143. The first kappa shape index (κ1) is 14.1. The van der Waals surface area contributed by atoms with Crippen molar-refractivity contribution in [2.75, 3.05) is 5.73 Å². The molecule has 0 saturated carbocycles. The highest BCUT2D eigenvalue weighted by Gasteiger charge is 2.14. The molecule has 104 valence electrons. The zero-order valence-corrected chi connectivity index (χ0v) is 11.7. The lowest BCUT2D eigenvalue weighted by Crippen LogP contribution is -2.31. The maximum absolute atomic E-state index is 11.3. The number of aromatic nitrogens is 1. The summed E-state index contributed by atoms with van der Waals surface area (Å²) in [6.45, 7) is 1.90. The molecule has 5 N–H and O–H groups in total. The van der Waals surface area contributed by atoms with Gasteiger partial charge in [0.1, 0.15) is 5.49 Å². The van der Waals surface area contributed by atoms with Crippen molar-refractivity contribution in [3.8, 4) is 0 Å². The highest BCUT2D eigenvalue weighted by molar-refractivity contribution is 6.30. The number of nitrogens with two attached hydrogens (primary N) is 2. The molecule has 0 fully saturated rings. The van der Waals surface area contributed by atoms with Gasteiger partial charge >= 0.3 is 0 Å². The Balaban J connectivity index is 2.58. The van der Waals surface area contributed by atoms with Crippen LogP contribution in [0, 0.1) is 5.41 Å². The molecular weight excluding hydrogens is 276 g/mol. The third kappa shape index (κ3) is 2.67. The molecule has 0 bridgehead atoms. The first-order chi connectivity index (χ1) is 9.40. The van der Waals surface area contributed by atoms with Crippen LogP contribution in [0.15, 0.2) is 36.5 Å². The molecule has 20 heavy (non-hydrogen) atoms. The van der Waals surface area contributed by atoms with E-state index in [1.54, 1.807) is 16.8 Å². The summed E-state index contributed by atoms with van der Waals surface area (Å²) in [5, 5.41) is 8.43. The Morgan fingerprint density at radius 2 is 2.10 bits per heavy atom. The molecule has 1 aromatic heterocycles. The van der Waals surface area contributed by atoms with E-state index in [2.05, 4.69) is 0 Å². The molecule has 1 atom stereocenters. The molecule has 1 amide bonds. The first-order valence-electron chi connectivity index (χ1n) is 6.01. The van der Waals surface area contributed by atoms with Gasteiger partial charge in [0, 0.05) is 11.9 Å². The van der Waals surface area contributed by atoms with Gasteiger partial charge < -0.3 is 16.0 Å². The van der Waals surface area contributed by atoms with Crippen molar-refractivity contribution in [3.63, 3.8) is 0 Å². The van der Waals surface area contributed by atoms with E-state index in [1.807, 2.05) is 25.1 Å². The number of benzene rings is 1. The standard InChI is InChI=1S/C14H15ClN4O/c1-8(9-3-2-4-11(16)5-9)19-7-10(15)6-12(13(19)17)14(18)20/h2-8,17H,16H2,1H3,(H2,18,20). The van der Waals surface area contributed by atoms with Crippen molar-refractivity contribution in [2.45, 2.75) is 13.0 Å². The van der Waals surface area contributed by atoms with Crippen molar-refractivity contribution in [1.29, 1.82) is 5.41 Å². The number of nitrogen functional groups attached to an aromatic ring is 1. The van der Waals surface area contributed by atoms with E-state index in [4.69, 9.17) is 28.5 Å². The number of amides is 1. The van der Waals surface area contributed by atoms with Crippen LogP contribution >= 0.6 is 11.6 Å². The molecular formula is C14H15ClN4O. The van der Waals surface area contributed by atoms with Crippen molar-refractivity contribution in [3.05, 3.63) is 58.2 Å². The van der Waals surface area contributed by atoms with E-state index in [0.29, 0.717) is 10.7 Å². The van der Waals surface area contributed by atoms with Gasteiger partial charge in [0.2, 0.25) is 0 Å². The molecule has 1 aromatic carbocycles. The van der Waals surface area contributed by atoms with Crippen LogP contribution in [0.3, 0.4) is 0 Å². The Labute approximate surface area is 121 Å². The van der Waals surface area contributed by atoms with Gasteiger partial charge in [-0.1, -0.05) is 23.7 Å². The molecule has 1 heterocycles. The molecule has 1 unspecified atom stereocenters. The summed E-state index contributed by atoms with van der Waals surface area (Å²) in [6, 6.07) is 8.55. The van der Waals surface area contributed by atoms with E-state index < -0.39 is 5.91 Å². The number of halogens is 1. The minimum absolute atomic E-state index is 0.0248. The van der Waals surface area contributed by atoms with Crippen LogP contribution < -0.4 is 17.0 Å². The van der Waals surface area contributed by atoms with Crippen molar-refractivity contribution in [2.24, 2.45) is 5.73 Å². The lowest BCUT2D eigenvalue weighted by Gasteiger charge is -2.18. The number of hydrogen-bond acceptors (Lipinski definition) is 3. The number of pyridine rings is 1. The summed E-state index contributed by atoms with van der Waals surface area (Å²) in [5.74, 6) is -0.675. The fourth-order valence-electron chi connectivity index (χ4n) is 2.05. The Hall–Kier alpha value is -2.27. The minimum Gasteiger partial charge on any atom is -0.399 e. The monoisotopic (exact) mass is 290 g/mol. The van der Waals surface area contributed by atoms with Crippen LogP contribution in [0.1, 0.15) is 28.9 Å². The van der Waals surface area contributed by atoms with E-state index in [-0.39, 0.29) is 17.1 Å². The van der Waals surface area contributed by atoms with Gasteiger partial charge in [-0.15, -0.1) is 0 Å². The summed E-state index contributed by atoms with van der Waals surface area (Å²) in [7, 11) is 0. The summed E-state index contributed by atoms with van der Waals surface area (Å²) >= 11 is 5.99. The second-order valence-corrected chi connectivity index (χ2v) is 4.97. The molecule has 0 aliphatic rings. The molecule has 2 rings (SSSR count). The van der Waals surface area contributed by atoms with Gasteiger partial charge in [-0.05, 0) is 30.7 Å². The fourth-order valence-corrected chi connectivity index (χ4v) is 2.27. The van der Waals surface area contributed by atoms with Crippen LogP contribution in [-0.4, -0.2) is 10.5 Å². The number of carbonyl (C=O) groups is 1. The molecule has 0 spiro atoms. The molecule has 0 saturated heterocycles. The highest BCUT2D eigenvalue weighted by atomic mass is 35.5. The maximum Gasteiger partial charge on any atom is 0.252 e. The van der Waals surface area contributed by atoms with Crippen LogP contribution in [0.25, 0.3) is 0 Å². The van der Waals surface area contributed by atoms with Gasteiger partial charge in [-0.2, -0.15) is 0 Å². The summed E-state index contributed by atoms with van der Waals surface area (Å²) in [4.78, 5) is 11.3. The van der Waals surface area contributed by atoms with Crippen LogP contribution in [0.2, 0.25) is 5.02 Å². The number of primary amides is 1. The van der Waals surface area contributed by atoms with Crippen LogP contribution in [0.5, 0.6) is 0 Å². The molecule has 5 nitrogen and oxygen atoms in total. The van der Waals surface area contributed by atoms with Gasteiger partial charge in [-0.25, -0.2) is 0 Å². The average molecular weight is 291 g/mol. The van der Waals surface area contributed by atoms with Gasteiger partial charge in [0.15, 0.2) is 0 Å². The number of anilines is 1. The van der Waals surface area contributed by atoms with Crippen molar-refractivity contribution >= 4 is 23.2 Å². The lowest BCUT2D eigenvalue weighted by atomic mass is 10.1. The summed E-state index contributed by atoms with van der Waals surface area (Å²) in [5.41, 5.74) is 12.7. The van der Waals surface area contributed by atoms with Gasteiger partial charge in [0.05, 0.1) is 16.6 Å². The quantitative estimate of drug-likeness (QED) is 0.753. The Morgan fingerprint density at radius 1 is 1.40 bits per heavy atom. The SMILES string of the molecule is CC(c1cccc(N)c1)n1cc(Cl)cc(C(N)=O)c1=N. The molecule has 0 aliphatic carbocycles. The Kier molecular flexibility index (Phi) is 3.81. The van der Waals surface area contributed by atoms with Crippen molar-refractivity contribution < 1.29 is 4.79 Å². The molecule has 2 aromatic rings. The molecule has 6 heteroatoms. The summed E-state index contributed by atoms with van der Waals surface area (Å²) in [6.07, 6.45) is 1.60.